The third kappa shape index (κ3) is 7.02. The summed E-state index contributed by atoms with van der Waals surface area (Å²) in [6.45, 7) is 3.29. The van der Waals surface area contributed by atoms with Gasteiger partial charge in [0.05, 0.1) is 12.7 Å². The van der Waals surface area contributed by atoms with E-state index in [-0.39, 0.29) is 24.7 Å². The highest BCUT2D eigenvalue weighted by Crippen LogP contribution is 2.18. The Bertz CT molecular complexity index is 425. The maximum absolute atomic E-state index is 9.70. The van der Waals surface area contributed by atoms with E-state index in [2.05, 4.69) is 34.5 Å². The summed E-state index contributed by atoms with van der Waals surface area (Å²) >= 11 is 0. The van der Waals surface area contributed by atoms with Crippen molar-refractivity contribution in [1.29, 1.82) is 0 Å². The molecule has 0 saturated carbocycles. The average Bonchev–Trinajstić information content (AvgIpc) is 2.89. The van der Waals surface area contributed by atoms with Crippen LogP contribution in [0.25, 0.3) is 0 Å². The van der Waals surface area contributed by atoms with E-state index < -0.39 is 0 Å². The van der Waals surface area contributed by atoms with Crippen molar-refractivity contribution in [1.82, 2.24) is 10.2 Å². The highest BCUT2D eigenvalue weighted by molar-refractivity contribution is 5.72. The summed E-state index contributed by atoms with van der Waals surface area (Å²) < 4.78 is 0. The first-order valence-corrected chi connectivity index (χ1v) is 7.82. The lowest BCUT2D eigenvalue weighted by molar-refractivity contribution is -0.118. The van der Waals surface area contributed by atoms with E-state index in [0.29, 0.717) is 13.0 Å². The van der Waals surface area contributed by atoms with Gasteiger partial charge in [0.2, 0.25) is 5.91 Å². The number of rotatable bonds is 5. The van der Waals surface area contributed by atoms with Crippen molar-refractivity contribution in [3.05, 3.63) is 35.9 Å². The van der Waals surface area contributed by atoms with E-state index in [1.165, 1.54) is 12.5 Å². The first-order valence-electron chi connectivity index (χ1n) is 7.82. The molecule has 1 aromatic rings. The molecule has 0 radical (unpaired) electrons. The fourth-order valence-corrected chi connectivity index (χ4v) is 2.55. The van der Waals surface area contributed by atoms with Crippen molar-refractivity contribution < 1.29 is 15.0 Å². The number of aryl methyl sites for hydroxylation is 1. The highest BCUT2D eigenvalue weighted by Gasteiger charge is 2.29. The molecule has 5 heteroatoms. The minimum absolute atomic E-state index is 0.00463. The Morgan fingerprint density at radius 1 is 1.36 bits per heavy atom. The zero-order valence-electron chi connectivity index (χ0n) is 13.5. The number of aliphatic hydroxyl groups is 2. The van der Waals surface area contributed by atoms with Crippen LogP contribution in [0.1, 0.15) is 25.3 Å². The molecule has 1 fully saturated rings. The molecule has 0 aromatic heterocycles. The Morgan fingerprint density at radius 3 is 2.55 bits per heavy atom. The summed E-state index contributed by atoms with van der Waals surface area (Å²) in [5.74, 6) is 0.00463. The molecule has 1 amide bonds. The zero-order valence-corrected chi connectivity index (χ0v) is 13.5. The van der Waals surface area contributed by atoms with E-state index in [4.69, 9.17) is 0 Å². The van der Waals surface area contributed by atoms with Crippen molar-refractivity contribution in [3.8, 4) is 0 Å². The maximum atomic E-state index is 9.70. The topological polar surface area (TPSA) is 72.8 Å². The smallest absolute Gasteiger partial charge is 0.216 e. The summed E-state index contributed by atoms with van der Waals surface area (Å²) in [5.41, 5.74) is 1.35. The molecule has 0 aliphatic carbocycles. The van der Waals surface area contributed by atoms with Gasteiger partial charge in [0.25, 0.3) is 0 Å². The summed E-state index contributed by atoms with van der Waals surface area (Å²) in [6.07, 6.45) is 2.59. The Kier molecular flexibility index (Phi) is 8.74. The average molecular weight is 308 g/mol. The van der Waals surface area contributed by atoms with Gasteiger partial charge in [-0.05, 0) is 31.4 Å². The summed E-state index contributed by atoms with van der Waals surface area (Å²) in [6, 6.07) is 10.6. The minimum Gasteiger partial charge on any atom is -0.395 e. The lowest BCUT2D eigenvalue weighted by atomic mass is 10.1. The molecule has 1 aliphatic heterocycles. The van der Waals surface area contributed by atoms with Crippen molar-refractivity contribution in [2.24, 2.45) is 0 Å². The van der Waals surface area contributed by atoms with Gasteiger partial charge in [-0.1, -0.05) is 30.3 Å². The summed E-state index contributed by atoms with van der Waals surface area (Å²) in [4.78, 5) is 11.9. The molecule has 124 valence electrons. The molecule has 0 bridgehead atoms. The van der Waals surface area contributed by atoms with Crippen LogP contribution in [0, 0.1) is 0 Å². The Hall–Kier alpha value is -1.43. The number of nitrogens with zero attached hydrogens (tertiary/aromatic N) is 1. The summed E-state index contributed by atoms with van der Waals surface area (Å²) in [7, 11) is 1.60. The number of nitrogens with one attached hydrogen (secondary N) is 1. The van der Waals surface area contributed by atoms with Gasteiger partial charge in [0.1, 0.15) is 0 Å². The van der Waals surface area contributed by atoms with Gasteiger partial charge in [-0.25, -0.2) is 0 Å². The molecule has 5 nitrogen and oxygen atoms in total. The lowest BCUT2D eigenvalue weighted by Gasteiger charge is -2.21. The van der Waals surface area contributed by atoms with Gasteiger partial charge in [-0.2, -0.15) is 0 Å². The predicted molar refractivity (Wildman–Crippen MR) is 87.6 cm³/mol. The number of amides is 1. The van der Waals surface area contributed by atoms with E-state index in [9.17, 15) is 15.0 Å². The van der Waals surface area contributed by atoms with Crippen LogP contribution in [-0.2, 0) is 11.2 Å². The Morgan fingerprint density at radius 2 is 2.00 bits per heavy atom. The molecule has 1 saturated heterocycles. The van der Waals surface area contributed by atoms with Crippen LogP contribution in [0.3, 0.4) is 0 Å². The third-order valence-corrected chi connectivity index (χ3v) is 3.82. The molecule has 2 rings (SSSR count). The molecule has 0 spiro atoms. The van der Waals surface area contributed by atoms with Gasteiger partial charge in [-0.15, -0.1) is 0 Å². The number of hydrogen-bond donors (Lipinski definition) is 3. The standard InChI is InChI=1S/C14H21NO2.C3H7NO/c16-11-13-9-14(17)10-15(13)8-4-7-12-5-2-1-3-6-12;1-3(5)4-2/h1-3,5-6,13-14,16-17H,4,7-11H2;1-2H3,(H,4,5). The van der Waals surface area contributed by atoms with Crippen molar-refractivity contribution in [2.75, 3.05) is 26.7 Å². The molecular formula is C17H28N2O3. The number of hydrogen-bond acceptors (Lipinski definition) is 4. The van der Waals surface area contributed by atoms with Crippen LogP contribution in [0.15, 0.2) is 30.3 Å². The van der Waals surface area contributed by atoms with Crippen LogP contribution in [0.5, 0.6) is 0 Å². The van der Waals surface area contributed by atoms with Gasteiger partial charge in [0, 0.05) is 26.6 Å². The first-order chi connectivity index (χ1) is 10.6. The second-order valence-corrected chi connectivity index (χ2v) is 5.62. The molecule has 1 heterocycles. The molecule has 22 heavy (non-hydrogen) atoms. The van der Waals surface area contributed by atoms with Crippen molar-refractivity contribution >= 4 is 5.91 Å². The second kappa shape index (κ2) is 10.3. The number of β-amino-alcohol motifs (C(OH)–C–C–N with tert-alkyl or cyclic N) is 1. The van der Waals surface area contributed by atoms with Gasteiger partial charge in [0.15, 0.2) is 0 Å². The number of benzene rings is 1. The van der Waals surface area contributed by atoms with Crippen molar-refractivity contribution in [2.45, 2.75) is 38.3 Å². The molecule has 3 N–H and O–H groups in total. The molecule has 1 aromatic carbocycles. The van der Waals surface area contributed by atoms with E-state index in [0.717, 1.165) is 19.4 Å². The second-order valence-electron chi connectivity index (χ2n) is 5.62. The van der Waals surface area contributed by atoms with Crippen LogP contribution in [0.2, 0.25) is 0 Å². The lowest BCUT2D eigenvalue weighted by Crippen LogP contribution is -2.33. The quantitative estimate of drug-likeness (QED) is 0.752. The predicted octanol–water partition coefficient (Wildman–Crippen LogP) is 0.799. The minimum atomic E-state index is -0.260. The fourth-order valence-electron chi connectivity index (χ4n) is 2.55. The van der Waals surface area contributed by atoms with Crippen LogP contribution in [-0.4, -0.2) is 59.9 Å². The fraction of sp³-hybridized carbons (Fsp3) is 0.588. The zero-order chi connectivity index (χ0) is 16.4. The van der Waals surface area contributed by atoms with Crippen molar-refractivity contribution in [3.63, 3.8) is 0 Å². The molecule has 2 unspecified atom stereocenters. The van der Waals surface area contributed by atoms with Crippen LogP contribution < -0.4 is 5.32 Å². The molecular weight excluding hydrogens is 280 g/mol. The monoisotopic (exact) mass is 308 g/mol. The Labute approximate surface area is 133 Å². The van der Waals surface area contributed by atoms with Gasteiger partial charge < -0.3 is 15.5 Å². The highest BCUT2D eigenvalue weighted by atomic mass is 16.3. The Balaban J connectivity index is 0.000000422. The van der Waals surface area contributed by atoms with E-state index in [1.807, 2.05) is 6.07 Å². The third-order valence-electron chi connectivity index (χ3n) is 3.82. The number of carbonyl (C=O) groups excluding carboxylic acids is 1. The van der Waals surface area contributed by atoms with E-state index in [1.54, 1.807) is 7.05 Å². The normalized spacial score (nSPS) is 21.1. The summed E-state index contributed by atoms with van der Waals surface area (Å²) in [5, 5.41) is 21.2. The maximum Gasteiger partial charge on any atom is 0.216 e. The van der Waals surface area contributed by atoms with Crippen LogP contribution >= 0.6 is 0 Å². The number of likely N-dealkylation sites (tertiary alicyclic amines) is 1. The van der Waals surface area contributed by atoms with Gasteiger partial charge >= 0.3 is 0 Å². The first kappa shape index (κ1) is 18.6. The largest absolute Gasteiger partial charge is 0.395 e. The SMILES string of the molecule is CNC(C)=O.OCC1CC(O)CN1CCCc1ccccc1. The number of aliphatic hydroxyl groups excluding tert-OH is 2. The van der Waals surface area contributed by atoms with Crippen LogP contribution in [0.4, 0.5) is 0 Å². The number of carbonyl (C=O) groups is 1. The van der Waals surface area contributed by atoms with E-state index >= 15 is 0 Å². The van der Waals surface area contributed by atoms with Gasteiger partial charge in [-0.3, -0.25) is 9.69 Å². The molecule has 2 atom stereocenters. The molecule has 1 aliphatic rings.